The molecule has 1 N–H and O–H groups in total. The number of nitriles is 1. The predicted octanol–water partition coefficient (Wildman–Crippen LogP) is 3.02. The number of anilines is 1. The second-order valence-electron chi connectivity index (χ2n) is 4.59. The van der Waals surface area contributed by atoms with E-state index in [1.165, 1.54) is 0 Å². The zero-order chi connectivity index (χ0) is 15.1. The average molecular weight is 280 g/mol. The lowest BCUT2D eigenvalue weighted by atomic mass is 9.99. The Morgan fingerprint density at radius 1 is 1.19 bits per heavy atom. The average Bonchev–Trinajstić information content (AvgIpc) is 2.54. The summed E-state index contributed by atoms with van der Waals surface area (Å²) in [6, 6.07) is 18.5. The second kappa shape index (κ2) is 7.11. The number of ether oxygens (including phenoxy) is 1. The van der Waals surface area contributed by atoms with Gasteiger partial charge in [-0.2, -0.15) is 5.26 Å². The van der Waals surface area contributed by atoms with Gasteiger partial charge in [0.05, 0.1) is 13.2 Å². The molecule has 0 radical (unpaired) electrons. The minimum Gasteiger partial charge on any atom is -0.497 e. The molecular formula is C17H16N2O2. The molecule has 0 heterocycles. The molecule has 4 nitrogen and oxygen atoms in total. The summed E-state index contributed by atoms with van der Waals surface area (Å²) in [5, 5.41) is 12.0. The first-order valence-electron chi connectivity index (χ1n) is 6.61. The van der Waals surface area contributed by atoms with Gasteiger partial charge >= 0.3 is 0 Å². The Morgan fingerprint density at radius 3 is 2.43 bits per heavy atom. The molecule has 2 aromatic carbocycles. The van der Waals surface area contributed by atoms with Crippen molar-refractivity contribution >= 4 is 11.6 Å². The lowest BCUT2D eigenvalue weighted by Gasteiger charge is -2.10. The van der Waals surface area contributed by atoms with Crippen molar-refractivity contribution in [2.45, 2.75) is 6.42 Å². The molecule has 0 bridgehead atoms. The highest BCUT2D eigenvalue weighted by Gasteiger charge is 2.18. The Labute approximate surface area is 124 Å². The van der Waals surface area contributed by atoms with E-state index in [-0.39, 0.29) is 5.91 Å². The third kappa shape index (κ3) is 4.08. The van der Waals surface area contributed by atoms with E-state index in [9.17, 15) is 10.1 Å². The van der Waals surface area contributed by atoms with Crippen molar-refractivity contribution < 1.29 is 9.53 Å². The molecule has 2 rings (SSSR count). The van der Waals surface area contributed by atoms with Gasteiger partial charge in [-0.1, -0.05) is 30.3 Å². The van der Waals surface area contributed by atoms with Gasteiger partial charge in [0.1, 0.15) is 11.7 Å². The van der Waals surface area contributed by atoms with Gasteiger partial charge in [-0.15, -0.1) is 0 Å². The van der Waals surface area contributed by atoms with Crippen LogP contribution in [0.2, 0.25) is 0 Å². The normalized spacial score (nSPS) is 11.2. The largest absolute Gasteiger partial charge is 0.497 e. The number of amides is 1. The molecule has 0 aliphatic rings. The Morgan fingerprint density at radius 2 is 1.86 bits per heavy atom. The number of carbonyl (C=O) groups is 1. The first-order chi connectivity index (χ1) is 10.2. The summed E-state index contributed by atoms with van der Waals surface area (Å²) in [5.74, 6) is -0.265. The van der Waals surface area contributed by atoms with Gasteiger partial charge in [-0.25, -0.2) is 0 Å². The zero-order valence-corrected chi connectivity index (χ0v) is 11.7. The molecule has 0 fully saturated rings. The molecule has 4 heteroatoms. The summed E-state index contributed by atoms with van der Waals surface area (Å²) in [5.41, 5.74) is 1.61. The highest BCUT2D eigenvalue weighted by atomic mass is 16.5. The smallest absolute Gasteiger partial charge is 0.242 e. The number of carbonyl (C=O) groups excluding carboxylic acids is 1. The van der Waals surface area contributed by atoms with Gasteiger partial charge in [0, 0.05) is 5.69 Å². The fraction of sp³-hybridized carbons (Fsp3) is 0.176. The van der Waals surface area contributed by atoms with Crippen LogP contribution in [0.3, 0.4) is 0 Å². The summed E-state index contributed by atoms with van der Waals surface area (Å²) < 4.78 is 5.08. The van der Waals surface area contributed by atoms with Crippen LogP contribution in [0.5, 0.6) is 5.75 Å². The highest BCUT2D eigenvalue weighted by Crippen LogP contribution is 2.16. The molecule has 2 aromatic rings. The minimum absolute atomic E-state index is 0.292. The zero-order valence-electron chi connectivity index (χ0n) is 11.7. The van der Waals surface area contributed by atoms with E-state index in [1.54, 1.807) is 19.2 Å². The van der Waals surface area contributed by atoms with E-state index in [0.29, 0.717) is 12.1 Å². The van der Waals surface area contributed by atoms with Crippen LogP contribution in [0.1, 0.15) is 5.56 Å². The van der Waals surface area contributed by atoms with Gasteiger partial charge in [-0.3, -0.25) is 4.79 Å². The lowest BCUT2D eigenvalue weighted by Crippen LogP contribution is -2.23. The Hall–Kier alpha value is -2.80. The second-order valence-corrected chi connectivity index (χ2v) is 4.59. The third-order valence-electron chi connectivity index (χ3n) is 3.11. The molecule has 0 aromatic heterocycles. The van der Waals surface area contributed by atoms with Crippen LogP contribution in [0.15, 0.2) is 54.6 Å². The first-order valence-corrected chi connectivity index (χ1v) is 6.61. The molecule has 0 aliphatic carbocycles. The van der Waals surface area contributed by atoms with Gasteiger partial charge in [0.15, 0.2) is 0 Å². The number of benzene rings is 2. The van der Waals surface area contributed by atoms with Crippen LogP contribution in [0, 0.1) is 17.2 Å². The summed E-state index contributed by atoms with van der Waals surface area (Å²) in [6.45, 7) is 0. The molecule has 1 amide bonds. The molecule has 0 saturated carbocycles. The van der Waals surface area contributed by atoms with Crippen molar-refractivity contribution in [1.82, 2.24) is 0 Å². The van der Waals surface area contributed by atoms with Crippen molar-refractivity contribution in [2.24, 2.45) is 5.92 Å². The van der Waals surface area contributed by atoms with Crippen LogP contribution in [0.25, 0.3) is 0 Å². The SMILES string of the molecule is COc1ccc(C[C@H](C#N)C(=O)Nc2ccccc2)cc1. The Kier molecular flexibility index (Phi) is 4.94. The number of rotatable bonds is 5. The fourth-order valence-corrected chi connectivity index (χ4v) is 1.95. The summed E-state index contributed by atoms with van der Waals surface area (Å²) in [6.07, 6.45) is 0.374. The molecule has 1 atom stereocenters. The van der Waals surface area contributed by atoms with E-state index < -0.39 is 5.92 Å². The van der Waals surface area contributed by atoms with Crippen molar-refractivity contribution in [2.75, 3.05) is 12.4 Å². The predicted molar refractivity (Wildman–Crippen MR) is 80.9 cm³/mol. The highest BCUT2D eigenvalue weighted by molar-refractivity contribution is 5.94. The maximum absolute atomic E-state index is 12.1. The number of nitrogens with zero attached hydrogens (tertiary/aromatic N) is 1. The number of hydrogen-bond donors (Lipinski definition) is 1. The Bertz CT molecular complexity index is 630. The van der Waals surface area contributed by atoms with Crippen molar-refractivity contribution in [3.8, 4) is 11.8 Å². The topological polar surface area (TPSA) is 62.1 Å². The third-order valence-corrected chi connectivity index (χ3v) is 3.11. The van der Waals surface area contributed by atoms with Gasteiger partial charge in [0.25, 0.3) is 0 Å². The van der Waals surface area contributed by atoms with Crippen molar-refractivity contribution in [3.05, 3.63) is 60.2 Å². The van der Waals surface area contributed by atoms with Gasteiger partial charge < -0.3 is 10.1 Å². The minimum atomic E-state index is -0.724. The van der Waals surface area contributed by atoms with Crippen LogP contribution < -0.4 is 10.1 Å². The van der Waals surface area contributed by atoms with Crippen molar-refractivity contribution in [1.29, 1.82) is 5.26 Å². The molecule has 0 saturated heterocycles. The monoisotopic (exact) mass is 280 g/mol. The maximum Gasteiger partial charge on any atom is 0.242 e. The number of methoxy groups -OCH3 is 1. The number of hydrogen-bond acceptors (Lipinski definition) is 3. The van der Waals surface area contributed by atoms with Gasteiger partial charge in [-0.05, 0) is 36.2 Å². The van der Waals surface area contributed by atoms with E-state index in [1.807, 2.05) is 42.5 Å². The van der Waals surface area contributed by atoms with Crippen LogP contribution in [-0.4, -0.2) is 13.0 Å². The van der Waals surface area contributed by atoms with E-state index in [4.69, 9.17) is 4.74 Å². The summed E-state index contributed by atoms with van der Waals surface area (Å²) >= 11 is 0. The summed E-state index contributed by atoms with van der Waals surface area (Å²) in [4.78, 5) is 12.1. The van der Waals surface area contributed by atoms with E-state index in [2.05, 4.69) is 11.4 Å². The molecule has 0 spiro atoms. The quantitative estimate of drug-likeness (QED) is 0.915. The molecule has 106 valence electrons. The van der Waals surface area contributed by atoms with Crippen LogP contribution in [0.4, 0.5) is 5.69 Å². The van der Waals surface area contributed by atoms with Crippen LogP contribution >= 0.6 is 0 Å². The van der Waals surface area contributed by atoms with Gasteiger partial charge in [0.2, 0.25) is 5.91 Å². The molecule has 0 unspecified atom stereocenters. The summed E-state index contributed by atoms with van der Waals surface area (Å²) in [7, 11) is 1.60. The fourth-order valence-electron chi connectivity index (χ4n) is 1.95. The number of nitrogens with one attached hydrogen (secondary N) is 1. The molecule has 21 heavy (non-hydrogen) atoms. The first kappa shape index (κ1) is 14.6. The van der Waals surface area contributed by atoms with E-state index in [0.717, 1.165) is 11.3 Å². The van der Waals surface area contributed by atoms with Crippen molar-refractivity contribution in [3.63, 3.8) is 0 Å². The van der Waals surface area contributed by atoms with E-state index >= 15 is 0 Å². The standard InChI is InChI=1S/C17H16N2O2/c1-21-16-9-7-13(8-10-16)11-14(12-18)17(20)19-15-5-3-2-4-6-15/h2-10,14H,11H2,1H3,(H,19,20)/t14-/m1/s1. The van der Waals surface area contributed by atoms with Crippen LogP contribution in [-0.2, 0) is 11.2 Å². The molecule has 0 aliphatic heterocycles. The maximum atomic E-state index is 12.1. The molecular weight excluding hydrogens is 264 g/mol. The Balaban J connectivity index is 2.02. The number of para-hydroxylation sites is 1. The lowest BCUT2D eigenvalue weighted by molar-refractivity contribution is -0.118.